The minimum Gasteiger partial charge on any atom is -0.273 e. The number of aliphatic imine (C=N–C) groups is 1. The van der Waals surface area contributed by atoms with Crippen molar-refractivity contribution in [3.8, 4) is 33.4 Å². The summed E-state index contributed by atoms with van der Waals surface area (Å²) in [5.74, 6) is 0. The molecule has 9 aromatic carbocycles. The van der Waals surface area contributed by atoms with E-state index in [2.05, 4.69) is 200 Å². The van der Waals surface area contributed by atoms with E-state index in [1.165, 1.54) is 104 Å². The highest BCUT2D eigenvalue weighted by Crippen LogP contribution is 2.46. The van der Waals surface area contributed by atoms with Gasteiger partial charge in [-0.3, -0.25) is 4.99 Å². The summed E-state index contributed by atoms with van der Waals surface area (Å²) >= 11 is 0. The van der Waals surface area contributed by atoms with Crippen LogP contribution in [0.15, 0.2) is 205 Å². The summed E-state index contributed by atoms with van der Waals surface area (Å²) in [6.07, 6.45) is 9.06. The molecule has 0 bridgehead atoms. The van der Waals surface area contributed by atoms with Gasteiger partial charge in [-0.25, -0.2) is 0 Å². The Kier molecular flexibility index (Phi) is 8.12. The smallest absolute Gasteiger partial charge is 0.0260 e. The van der Waals surface area contributed by atoms with Crippen LogP contribution in [0.5, 0.6) is 0 Å². The van der Waals surface area contributed by atoms with Crippen LogP contribution in [0.3, 0.4) is 0 Å². The Balaban J connectivity index is 1.15. The zero-order chi connectivity index (χ0) is 36.7. The maximum Gasteiger partial charge on any atom is 0.0260 e. The maximum atomic E-state index is 3.87. The molecule has 0 heterocycles. The van der Waals surface area contributed by atoms with Crippen LogP contribution in [0.1, 0.15) is 23.1 Å². The average Bonchev–Trinajstić information content (AvgIpc) is 3.25. The predicted octanol–water partition coefficient (Wildman–Crippen LogP) is 14.7. The molecule has 1 aliphatic rings. The van der Waals surface area contributed by atoms with Crippen molar-refractivity contribution in [1.82, 2.24) is 0 Å². The minimum absolute atomic E-state index is 0.866. The van der Waals surface area contributed by atoms with E-state index in [-0.39, 0.29) is 0 Å². The summed E-state index contributed by atoms with van der Waals surface area (Å²) in [4.78, 5) is 3.87. The van der Waals surface area contributed by atoms with Crippen molar-refractivity contribution < 1.29 is 0 Å². The second kappa shape index (κ2) is 13.7. The van der Waals surface area contributed by atoms with Crippen LogP contribution in [-0.2, 0) is 0 Å². The first-order chi connectivity index (χ1) is 27.2. The van der Waals surface area contributed by atoms with Crippen molar-refractivity contribution in [1.29, 1.82) is 0 Å². The molecule has 1 nitrogen and oxygen atoms in total. The lowest BCUT2D eigenvalue weighted by Gasteiger charge is -2.21. The molecule has 0 unspecified atom stereocenters. The molecule has 0 saturated heterocycles. The van der Waals surface area contributed by atoms with E-state index in [1.54, 1.807) is 6.20 Å². The van der Waals surface area contributed by atoms with Crippen LogP contribution in [-0.4, -0.2) is 6.72 Å². The molecular weight excluding hydrogens is 663 g/mol. The molecule has 0 amide bonds. The number of rotatable bonds is 6. The van der Waals surface area contributed by atoms with Crippen molar-refractivity contribution in [3.63, 3.8) is 0 Å². The molecule has 0 spiro atoms. The molecule has 0 atom stereocenters. The molecule has 0 aliphatic heterocycles. The van der Waals surface area contributed by atoms with Gasteiger partial charge in [0, 0.05) is 6.20 Å². The van der Waals surface area contributed by atoms with Crippen LogP contribution >= 0.6 is 0 Å². The third kappa shape index (κ3) is 5.78. The molecule has 0 radical (unpaired) electrons. The van der Waals surface area contributed by atoms with Gasteiger partial charge in [0.15, 0.2) is 0 Å². The molecular formula is C54H37N. The van der Waals surface area contributed by atoms with E-state index in [1.807, 2.05) is 6.08 Å². The van der Waals surface area contributed by atoms with Gasteiger partial charge in [0.1, 0.15) is 0 Å². The van der Waals surface area contributed by atoms with E-state index >= 15 is 0 Å². The summed E-state index contributed by atoms with van der Waals surface area (Å²) in [6.45, 7) is 3.57. The first-order valence-electron chi connectivity index (χ1n) is 18.9. The lowest BCUT2D eigenvalue weighted by Crippen LogP contribution is -2.00. The fraction of sp³-hybridized carbons (Fsp3) is 0.0185. The lowest BCUT2D eigenvalue weighted by molar-refractivity contribution is 1.32. The number of hydrogen-bond donors (Lipinski definition) is 0. The Morgan fingerprint density at radius 2 is 0.927 bits per heavy atom. The second-order valence-corrected chi connectivity index (χ2v) is 14.3. The molecule has 258 valence electrons. The molecule has 55 heavy (non-hydrogen) atoms. The summed E-state index contributed by atoms with van der Waals surface area (Å²) in [5.41, 5.74) is 13.7. The molecule has 9 aromatic rings. The van der Waals surface area contributed by atoms with Crippen LogP contribution in [0.2, 0.25) is 0 Å². The van der Waals surface area contributed by atoms with E-state index in [9.17, 15) is 0 Å². The summed E-state index contributed by atoms with van der Waals surface area (Å²) in [5, 5.41) is 10.0. The van der Waals surface area contributed by atoms with E-state index in [4.69, 9.17) is 0 Å². The Hall–Kier alpha value is -7.09. The lowest BCUT2D eigenvalue weighted by atomic mass is 9.83. The highest BCUT2D eigenvalue weighted by Gasteiger charge is 2.20. The van der Waals surface area contributed by atoms with Gasteiger partial charge < -0.3 is 0 Å². The Labute approximate surface area is 321 Å². The number of allylic oxidation sites excluding steroid dienone is 4. The third-order valence-electron chi connectivity index (χ3n) is 11.2. The standard InChI is InChI=1S/C54H37N/c1-55-32-10-15-39-28-30-47(48-17-7-6-16-46(39)48)40-24-20-38(21-25-40)43-29-31-51-52(35-43)54(45-27-23-37-12-3-5-14-42(37)34-45)50-19-9-8-18-49(50)53(51)44-26-22-36-11-2-4-13-41(36)33-44/h2-27,29-35H,1,28H2/b32-10-,39-15+. The largest absolute Gasteiger partial charge is 0.273 e. The van der Waals surface area contributed by atoms with E-state index in [0.29, 0.717) is 0 Å². The number of benzene rings is 9. The normalized spacial score (nSPS) is 13.5. The molecule has 0 fully saturated rings. The molecule has 0 saturated carbocycles. The maximum absolute atomic E-state index is 3.87. The van der Waals surface area contributed by atoms with Crippen LogP contribution in [0.25, 0.3) is 87.6 Å². The van der Waals surface area contributed by atoms with Crippen molar-refractivity contribution >= 4 is 61.0 Å². The van der Waals surface area contributed by atoms with Gasteiger partial charge in [-0.15, -0.1) is 0 Å². The average molecular weight is 700 g/mol. The highest BCUT2D eigenvalue weighted by molar-refractivity contribution is 6.22. The summed E-state index contributed by atoms with van der Waals surface area (Å²) in [7, 11) is 0. The van der Waals surface area contributed by atoms with Crippen LogP contribution < -0.4 is 0 Å². The first kappa shape index (κ1) is 32.6. The van der Waals surface area contributed by atoms with Crippen molar-refractivity contribution in [3.05, 3.63) is 217 Å². The molecule has 1 heteroatoms. The quantitative estimate of drug-likeness (QED) is 0.121. The number of hydrogen-bond acceptors (Lipinski definition) is 1. The van der Waals surface area contributed by atoms with Gasteiger partial charge in [0.2, 0.25) is 0 Å². The third-order valence-corrected chi connectivity index (χ3v) is 11.2. The zero-order valence-electron chi connectivity index (χ0n) is 30.4. The minimum atomic E-state index is 0.866. The molecule has 0 N–H and O–H groups in total. The van der Waals surface area contributed by atoms with Gasteiger partial charge >= 0.3 is 0 Å². The number of nitrogens with zero attached hydrogens (tertiary/aromatic N) is 1. The Bertz CT molecular complexity index is 3060. The fourth-order valence-corrected chi connectivity index (χ4v) is 8.59. The second-order valence-electron chi connectivity index (χ2n) is 14.3. The summed E-state index contributed by atoms with van der Waals surface area (Å²) in [6, 6.07) is 64.9. The number of fused-ring (bicyclic) bond motifs is 5. The van der Waals surface area contributed by atoms with E-state index < -0.39 is 0 Å². The molecule has 1 aliphatic carbocycles. The van der Waals surface area contributed by atoms with Gasteiger partial charge in [-0.05, 0) is 142 Å². The predicted molar refractivity (Wildman–Crippen MR) is 238 cm³/mol. The zero-order valence-corrected chi connectivity index (χ0v) is 30.4. The summed E-state index contributed by atoms with van der Waals surface area (Å²) < 4.78 is 0. The van der Waals surface area contributed by atoms with Gasteiger partial charge in [0.25, 0.3) is 0 Å². The SMILES string of the molecule is C=N/C=C\C=C1/CC=C(c2ccc(-c3ccc4c(-c5ccc6ccccc6c5)c5ccccc5c(-c5ccc6ccccc6c5)c4c3)cc2)c2ccccc21. The Morgan fingerprint density at radius 1 is 0.418 bits per heavy atom. The molecule has 0 aromatic heterocycles. The van der Waals surface area contributed by atoms with Gasteiger partial charge in [-0.2, -0.15) is 0 Å². The first-order valence-corrected chi connectivity index (χ1v) is 18.9. The topological polar surface area (TPSA) is 12.4 Å². The van der Waals surface area contributed by atoms with Crippen LogP contribution in [0.4, 0.5) is 0 Å². The molecule has 10 rings (SSSR count). The Morgan fingerprint density at radius 3 is 1.58 bits per heavy atom. The van der Waals surface area contributed by atoms with Gasteiger partial charge in [-0.1, -0.05) is 170 Å². The monoisotopic (exact) mass is 699 g/mol. The van der Waals surface area contributed by atoms with Crippen LogP contribution in [0, 0.1) is 0 Å². The van der Waals surface area contributed by atoms with Crippen molar-refractivity contribution in [2.45, 2.75) is 6.42 Å². The van der Waals surface area contributed by atoms with Crippen molar-refractivity contribution in [2.24, 2.45) is 4.99 Å². The van der Waals surface area contributed by atoms with E-state index in [0.717, 1.165) is 6.42 Å². The van der Waals surface area contributed by atoms with Gasteiger partial charge in [0.05, 0.1) is 0 Å². The van der Waals surface area contributed by atoms with Crippen molar-refractivity contribution in [2.75, 3.05) is 0 Å². The fourth-order valence-electron chi connectivity index (χ4n) is 8.59. The highest BCUT2D eigenvalue weighted by atomic mass is 14.6.